The van der Waals surface area contributed by atoms with Crippen LogP contribution in [0.4, 0.5) is 0 Å². The van der Waals surface area contributed by atoms with Crippen LogP contribution in [0, 0.1) is 11.8 Å². The fraction of sp³-hybridized carbons (Fsp3) is 1.00. The van der Waals surface area contributed by atoms with Gasteiger partial charge in [0.2, 0.25) is 0 Å². The maximum absolute atomic E-state index is 3.44. The molecule has 15 heavy (non-hydrogen) atoms. The molecule has 0 radical (unpaired) electrons. The molecule has 1 saturated carbocycles. The third-order valence-corrected chi connectivity index (χ3v) is 4.45. The van der Waals surface area contributed by atoms with Gasteiger partial charge in [0.25, 0.3) is 0 Å². The monoisotopic (exact) mass is 210 g/mol. The Morgan fingerprint density at radius 2 is 1.93 bits per heavy atom. The van der Waals surface area contributed by atoms with E-state index in [0.29, 0.717) is 0 Å². The van der Waals surface area contributed by atoms with E-state index < -0.39 is 0 Å². The van der Waals surface area contributed by atoms with Gasteiger partial charge in [-0.3, -0.25) is 4.90 Å². The van der Waals surface area contributed by atoms with Gasteiger partial charge >= 0.3 is 0 Å². The highest BCUT2D eigenvalue weighted by Gasteiger charge is 2.35. The van der Waals surface area contributed by atoms with E-state index in [2.05, 4.69) is 31.1 Å². The fourth-order valence-electron chi connectivity index (χ4n) is 3.03. The fourth-order valence-corrected chi connectivity index (χ4v) is 3.03. The highest BCUT2D eigenvalue weighted by molar-refractivity contribution is 4.90. The van der Waals surface area contributed by atoms with Crippen molar-refractivity contribution in [3.63, 3.8) is 0 Å². The summed E-state index contributed by atoms with van der Waals surface area (Å²) in [4.78, 5) is 2.72. The van der Waals surface area contributed by atoms with Crippen LogP contribution >= 0.6 is 0 Å². The van der Waals surface area contributed by atoms with E-state index in [-0.39, 0.29) is 0 Å². The van der Waals surface area contributed by atoms with Gasteiger partial charge in [0, 0.05) is 25.2 Å². The van der Waals surface area contributed by atoms with Gasteiger partial charge in [0.05, 0.1) is 0 Å². The minimum Gasteiger partial charge on any atom is -0.317 e. The molecule has 1 aliphatic heterocycles. The molecule has 0 aromatic heterocycles. The van der Waals surface area contributed by atoms with Crippen LogP contribution in [0.1, 0.15) is 39.5 Å². The van der Waals surface area contributed by atoms with Crippen molar-refractivity contribution in [1.82, 2.24) is 10.2 Å². The van der Waals surface area contributed by atoms with Crippen LogP contribution in [-0.2, 0) is 0 Å². The topological polar surface area (TPSA) is 15.3 Å². The Labute approximate surface area is 94.4 Å². The van der Waals surface area contributed by atoms with Crippen LogP contribution in [-0.4, -0.2) is 37.1 Å². The molecule has 2 atom stereocenters. The standard InChI is InChI=1S/C13H26N2/c1-10(2)11-8-15(9-11)13-6-4-5-12(7-13)14-3/h10-14H,4-9H2,1-3H3. The number of nitrogens with one attached hydrogen (secondary N) is 1. The number of nitrogens with zero attached hydrogens (tertiary/aromatic N) is 1. The molecule has 0 aromatic carbocycles. The van der Waals surface area contributed by atoms with Gasteiger partial charge in [-0.1, -0.05) is 20.3 Å². The summed E-state index contributed by atoms with van der Waals surface area (Å²) in [6.45, 7) is 7.44. The lowest BCUT2D eigenvalue weighted by Crippen LogP contribution is -2.56. The molecule has 2 aliphatic rings. The first kappa shape index (κ1) is 11.4. The van der Waals surface area contributed by atoms with Crippen LogP contribution in [0.2, 0.25) is 0 Å². The lowest BCUT2D eigenvalue weighted by molar-refractivity contribution is 0.00900. The Bertz CT molecular complexity index is 197. The normalized spacial score (nSPS) is 34.4. The summed E-state index contributed by atoms with van der Waals surface area (Å²) in [6, 6.07) is 1.66. The summed E-state index contributed by atoms with van der Waals surface area (Å²) in [5.74, 6) is 1.85. The Kier molecular flexibility index (Phi) is 3.68. The second-order valence-electron chi connectivity index (χ2n) is 5.76. The molecule has 1 heterocycles. The highest BCUT2D eigenvalue weighted by atomic mass is 15.2. The van der Waals surface area contributed by atoms with Crippen molar-refractivity contribution in [2.45, 2.75) is 51.6 Å². The van der Waals surface area contributed by atoms with Gasteiger partial charge in [0.15, 0.2) is 0 Å². The predicted molar refractivity (Wildman–Crippen MR) is 65.0 cm³/mol. The highest BCUT2D eigenvalue weighted by Crippen LogP contribution is 2.31. The second-order valence-corrected chi connectivity index (χ2v) is 5.76. The molecule has 0 amide bonds. The van der Waals surface area contributed by atoms with E-state index in [9.17, 15) is 0 Å². The zero-order valence-electron chi connectivity index (χ0n) is 10.5. The second kappa shape index (κ2) is 4.84. The van der Waals surface area contributed by atoms with E-state index in [1.807, 2.05) is 0 Å². The summed E-state index contributed by atoms with van der Waals surface area (Å²) < 4.78 is 0. The van der Waals surface area contributed by atoms with E-state index >= 15 is 0 Å². The van der Waals surface area contributed by atoms with Crippen molar-refractivity contribution in [3.8, 4) is 0 Å². The van der Waals surface area contributed by atoms with Gasteiger partial charge in [-0.25, -0.2) is 0 Å². The predicted octanol–water partition coefficient (Wildman–Crippen LogP) is 2.10. The molecule has 0 bridgehead atoms. The van der Waals surface area contributed by atoms with Gasteiger partial charge in [-0.05, 0) is 38.1 Å². The Morgan fingerprint density at radius 3 is 2.53 bits per heavy atom. The molecule has 0 aromatic rings. The average Bonchev–Trinajstić information content (AvgIpc) is 2.15. The van der Waals surface area contributed by atoms with Crippen LogP contribution in [0.25, 0.3) is 0 Å². The minimum absolute atomic E-state index is 0.779. The zero-order chi connectivity index (χ0) is 10.8. The molecule has 0 spiro atoms. The summed E-state index contributed by atoms with van der Waals surface area (Å²) in [6.07, 6.45) is 5.61. The van der Waals surface area contributed by atoms with Crippen LogP contribution in [0.3, 0.4) is 0 Å². The summed E-state index contributed by atoms with van der Waals surface area (Å²) in [5.41, 5.74) is 0. The molecule has 2 heteroatoms. The first-order chi connectivity index (χ1) is 7.20. The third-order valence-electron chi connectivity index (χ3n) is 4.45. The van der Waals surface area contributed by atoms with Crippen LogP contribution in [0.5, 0.6) is 0 Å². The molecule has 2 fully saturated rings. The molecule has 1 saturated heterocycles. The van der Waals surface area contributed by atoms with Crippen molar-refractivity contribution in [1.29, 1.82) is 0 Å². The maximum atomic E-state index is 3.44. The summed E-state index contributed by atoms with van der Waals surface area (Å²) >= 11 is 0. The van der Waals surface area contributed by atoms with Gasteiger partial charge < -0.3 is 5.32 Å². The molecule has 88 valence electrons. The van der Waals surface area contributed by atoms with Crippen LogP contribution < -0.4 is 5.32 Å². The Balaban J connectivity index is 1.76. The quantitative estimate of drug-likeness (QED) is 0.767. The molecular weight excluding hydrogens is 184 g/mol. The number of hydrogen-bond donors (Lipinski definition) is 1. The van der Waals surface area contributed by atoms with E-state index in [1.54, 1.807) is 0 Å². The Hall–Kier alpha value is -0.0800. The van der Waals surface area contributed by atoms with E-state index in [0.717, 1.165) is 23.9 Å². The van der Waals surface area contributed by atoms with Crippen molar-refractivity contribution >= 4 is 0 Å². The maximum Gasteiger partial charge on any atom is 0.0110 e. The zero-order valence-corrected chi connectivity index (χ0v) is 10.5. The van der Waals surface area contributed by atoms with Crippen molar-refractivity contribution in [2.24, 2.45) is 11.8 Å². The molecule has 1 N–H and O–H groups in total. The van der Waals surface area contributed by atoms with Gasteiger partial charge in [-0.2, -0.15) is 0 Å². The molecule has 2 rings (SSSR count). The number of rotatable bonds is 3. The third kappa shape index (κ3) is 2.54. The lowest BCUT2D eigenvalue weighted by Gasteiger charge is -2.48. The van der Waals surface area contributed by atoms with E-state index in [4.69, 9.17) is 0 Å². The molecular formula is C13H26N2. The average molecular weight is 210 g/mol. The molecule has 2 nitrogen and oxygen atoms in total. The van der Waals surface area contributed by atoms with Gasteiger partial charge in [-0.15, -0.1) is 0 Å². The first-order valence-electron chi connectivity index (χ1n) is 6.62. The summed E-state index contributed by atoms with van der Waals surface area (Å²) in [7, 11) is 2.11. The summed E-state index contributed by atoms with van der Waals surface area (Å²) in [5, 5.41) is 3.44. The van der Waals surface area contributed by atoms with Gasteiger partial charge in [0.1, 0.15) is 0 Å². The largest absolute Gasteiger partial charge is 0.317 e. The van der Waals surface area contributed by atoms with Crippen LogP contribution in [0.15, 0.2) is 0 Å². The van der Waals surface area contributed by atoms with Crippen molar-refractivity contribution in [2.75, 3.05) is 20.1 Å². The lowest BCUT2D eigenvalue weighted by atomic mass is 9.83. The number of likely N-dealkylation sites (tertiary alicyclic amines) is 1. The van der Waals surface area contributed by atoms with Crippen molar-refractivity contribution in [3.05, 3.63) is 0 Å². The smallest absolute Gasteiger partial charge is 0.0110 e. The number of hydrogen-bond acceptors (Lipinski definition) is 2. The Morgan fingerprint density at radius 1 is 1.20 bits per heavy atom. The molecule has 2 unspecified atom stereocenters. The minimum atomic E-state index is 0.779. The molecule has 1 aliphatic carbocycles. The SMILES string of the molecule is CNC1CCCC(N2CC(C(C)C)C2)C1. The first-order valence-corrected chi connectivity index (χ1v) is 6.62. The van der Waals surface area contributed by atoms with Crippen molar-refractivity contribution < 1.29 is 0 Å². The van der Waals surface area contributed by atoms with E-state index in [1.165, 1.54) is 38.8 Å².